The zero-order valence-electron chi connectivity index (χ0n) is 9.72. The van der Waals surface area contributed by atoms with E-state index >= 15 is 0 Å². The lowest BCUT2D eigenvalue weighted by Crippen LogP contribution is -2.19. The van der Waals surface area contributed by atoms with Gasteiger partial charge in [0.1, 0.15) is 10.8 Å². The summed E-state index contributed by atoms with van der Waals surface area (Å²) >= 11 is 1.14. The van der Waals surface area contributed by atoms with Crippen molar-refractivity contribution in [3.05, 3.63) is 23.2 Å². The van der Waals surface area contributed by atoms with Gasteiger partial charge in [-0.25, -0.2) is 0 Å². The minimum absolute atomic E-state index is 0.120. The van der Waals surface area contributed by atoms with Crippen molar-refractivity contribution < 1.29 is 9.32 Å². The SMILES string of the molecule is Cc1noc(C)c1[C@@H](C)C(=O)Nc1cnns1. The normalized spacial score (nSPS) is 12.4. The molecule has 1 amide bonds. The molecule has 0 radical (unpaired) electrons. The van der Waals surface area contributed by atoms with Crippen molar-refractivity contribution in [2.24, 2.45) is 0 Å². The fourth-order valence-corrected chi connectivity index (χ4v) is 2.11. The number of rotatable bonds is 3. The first-order chi connectivity index (χ1) is 8.09. The standard InChI is InChI=1S/C10H12N4O2S/c1-5(9-6(2)13-16-7(9)3)10(15)12-8-4-11-14-17-8/h4-5H,1-3H3,(H,12,15)/t5-/m1/s1. The second-order valence-electron chi connectivity index (χ2n) is 3.73. The first kappa shape index (κ1) is 11.7. The van der Waals surface area contributed by atoms with Crippen molar-refractivity contribution in [1.82, 2.24) is 14.7 Å². The highest BCUT2D eigenvalue weighted by Gasteiger charge is 2.23. The van der Waals surface area contributed by atoms with Crippen LogP contribution in [0.3, 0.4) is 0 Å². The lowest BCUT2D eigenvalue weighted by atomic mass is 9.99. The maximum atomic E-state index is 12.0. The van der Waals surface area contributed by atoms with Crippen molar-refractivity contribution in [1.29, 1.82) is 0 Å². The van der Waals surface area contributed by atoms with Crippen molar-refractivity contribution in [3.8, 4) is 0 Å². The van der Waals surface area contributed by atoms with E-state index in [1.165, 1.54) is 6.20 Å². The van der Waals surface area contributed by atoms with Gasteiger partial charge in [-0.05, 0) is 20.8 Å². The van der Waals surface area contributed by atoms with Gasteiger partial charge in [-0.2, -0.15) is 0 Å². The number of hydrogen-bond donors (Lipinski definition) is 1. The first-order valence-electron chi connectivity index (χ1n) is 5.10. The smallest absolute Gasteiger partial charge is 0.232 e. The molecule has 0 spiro atoms. The summed E-state index contributed by atoms with van der Waals surface area (Å²) in [4.78, 5) is 12.0. The Balaban J connectivity index is 2.15. The molecule has 7 heteroatoms. The Kier molecular flexibility index (Phi) is 3.19. The summed E-state index contributed by atoms with van der Waals surface area (Å²) in [5, 5.41) is 10.9. The minimum Gasteiger partial charge on any atom is -0.361 e. The molecule has 2 rings (SSSR count). The lowest BCUT2D eigenvalue weighted by Gasteiger charge is -2.09. The molecule has 90 valence electrons. The molecule has 0 saturated carbocycles. The number of hydrogen-bond acceptors (Lipinski definition) is 6. The van der Waals surface area contributed by atoms with E-state index in [-0.39, 0.29) is 11.8 Å². The highest BCUT2D eigenvalue weighted by molar-refractivity contribution is 7.10. The number of amides is 1. The monoisotopic (exact) mass is 252 g/mol. The van der Waals surface area contributed by atoms with Crippen LogP contribution in [0, 0.1) is 13.8 Å². The molecule has 0 fully saturated rings. The molecule has 0 aliphatic heterocycles. The van der Waals surface area contributed by atoms with E-state index in [1.54, 1.807) is 6.92 Å². The molecule has 2 heterocycles. The topological polar surface area (TPSA) is 80.9 Å². The van der Waals surface area contributed by atoms with Gasteiger partial charge < -0.3 is 9.84 Å². The maximum Gasteiger partial charge on any atom is 0.232 e. The Labute approximate surface area is 102 Å². The van der Waals surface area contributed by atoms with Gasteiger partial charge >= 0.3 is 0 Å². The Morgan fingerprint density at radius 1 is 1.53 bits per heavy atom. The van der Waals surface area contributed by atoms with E-state index < -0.39 is 0 Å². The Hall–Kier alpha value is -1.76. The average Bonchev–Trinajstić information content (AvgIpc) is 2.89. The van der Waals surface area contributed by atoms with Crippen LogP contribution < -0.4 is 5.32 Å². The second-order valence-corrected chi connectivity index (χ2v) is 4.52. The molecule has 1 N–H and O–H groups in total. The van der Waals surface area contributed by atoms with E-state index in [4.69, 9.17) is 4.52 Å². The molecule has 0 aliphatic rings. The zero-order chi connectivity index (χ0) is 12.4. The van der Waals surface area contributed by atoms with Crippen LogP contribution in [0.4, 0.5) is 5.00 Å². The summed E-state index contributed by atoms with van der Waals surface area (Å²) in [7, 11) is 0. The number of nitrogens with zero attached hydrogens (tertiary/aromatic N) is 3. The lowest BCUT2D eigenvalue weighted by molar-refractivity contribution is -0.117. The second kappa shape index (κ2) is 4.62. The van der Waals surface area contributed by atoms with Crippen molar-refractivity contribution in [3.63, 3.8) is 0 Å². The van der Waals surface area contributed by atoms with Gasteiger partial charge in [0.2, 0.25) is 5.91 Å². The van der Waals surface area contributed by atoms with Crippen LogP contribution in [-0.2, 0) is 4.79 Å². The molecule has 17 heavy (non-hydrogen) atoms. The summed E-state index contributed by atoms with van der Waals surface area (Å²) < 4.78 is 8.73. The van der Waals surface area contributed by atoms with Gasteiger partial charge in [0.15, 0.2) is 0 Å². The molecule has 2 aromatic heterocycles. The number of nitrogens with one attached hydrogen (secondary N) is 1. The van der Waals surface area contributed by atoms with E-state index in [2.05, 4.69) is 20.1 Å². The summed E-state index contributed by atoms with van der Waals surface area (Å²) in [5.74, 6) is 0.237. The van der Waals surface area contributed by atoms with Crippen LogP contribution in [0.1, 0.15) is 29.9 Å². The third kappa shape index (κ3) is 2.33. The molecule has 6 nitrogen and oxygen atoms in total. The van der Waals surface area contributed by atoms with Crippen molar-refractivity contribution in [2.45, 2.75) is 26.7 Å². The van der Waals surface area contributed by atoms with Crippen LogP contribution in [0.2, 0.25) is 0 Å². The summed E-state index contributed by atoms with van der Waals surface area (Å²) in [6, 6.07) is 0. The fourth-order valence-electron chi connectivity index (χ4n) is 1.69. The third-order valence-electron chi connectivity index (χ3n) is 2.52. The predicted molar refractivity (Wildman–Crippen MR) is 62.9 cm³/mol. The summed E-state index contributed by atoms with van der Waals surface area (Å²) in [5.41, 5.74) is 1.58. The number of aromatic nitrogens is 3. The van der Waals surface area contributed by atoms with Crippen LogP contribution in [0.5, 0.6) is 0 Å². The highest BCUT2D eigenvalue weighted by atomic mass is 32.1. The van der Waals surface area contributed by atoms with Gasteiger partial charge in [-0.1, -0.05) is 9.64 Å². The molecule has 1 atom stereocenters. The number of carbonyl (C=O) groups excluding carboxylic acids is 1. The molecular formula is C10H12N4O2S. The van der Waals surface area contributed by atoms with Gasteiger partial charge in [-0.15, -0.1) is 5.10 Å². The minimum atomic E-state index is -0.316. The Bertz CT molecular complexity index is 501. The summed E-state index contributed by atoms with van der Waals surface area (Å²) in [6.07, 6.45) is 1.52. The molecule has 0 aromatic carbocycles. The van der Waals surface area contributed by atoms with Crippen molar-refractivity contribution in [2.75, 3.05) is 5.32 Å². The maximum absolute atomic E-state index is 12.0. The number of carbonyl (C=O) groups is 1. The predicted octanol–water partition coefficient (Wildman–Crippen LogP) is 1.89. The molecule has 0 unspecified atom stereocenters. The van der Waals surface area contributed by atoms with E-state index in [1.807, 2.05) is 13.8 Å². The fraction of sp³-hybridized carbons (Fsp3) is 0.400. The van der Waals surface area contributed by atoms with Crippen LogP contribution in [0.15, 0.2) is 10.7 Å². The van der Waals surface area contributed by atoms with E-state index in [0.717, 1.165) is 22.8 Å². The average molecular weight is 252 g/mol. The quantitative estimate of drug-likeness (QED) is 0.902. The van der Waals surface area contributed by atoms with Crippen LogP contribution in [-0.4, -0.2) is 20.7 Å². The first-order valence-corrected chi connectivity index (χ1v) is 5.88. The number of aryl methyl sites for hydroxylation is 2. The van der Waals surface area contributed by atoms with Crippen LogP contribution in [0.25, 0.3) is 0 Å². The van der Waals surface area contributed by atoms with Crippen LogP contribution >= 0.6 is 11.5 Å². The van der Waals surface area contributed by atoms with E-state index in [9.17, 15) is 4.79 Å². The molecular weight excluding hydrogens is 240 g/mol. The molecule has 2 aromatic rings. The summed E-state index contributed by atoms with van der Waals surface area (Å²) in [6.45, 7) is 5.44. The molecule has 0 bridgehead atoms. The molecule has 0 saturated heterocycles. The van der Waals surface area contributed by atoms with Gasteiger partial charge in [0.05, 0.1) is 17.8 Å². The third-order valence-corrected chi connectivity index (χ3v) is 3.10. The van der Waals surface area contributed by atoms with E-state index in [0.29, 0.717) is 10.8 Å². The van der Waals surface area contributed by atoms with Crippen molar-refractivity contribution >= 4 is 22.4 Å². The largest absolute Gasteiger partial charge is 0.361 e. The Morgan fingerprint density at radius 2 is 2.29 bits per heavy atom. The van der Waals surface area contributed by atoms with Gasteiger partial charge in [-0.3, -0.25) is 4.79 Å². The Morgan fingerprint density at radius 3 is 2.82 bits per heavy atom. The van der Waals surface area contributed by atoms with Gasteiger partial charge in [0, 0.05) is 17.1 Å². The number of anilines is 1. The highest BCUT2D eigenvalue weighted by Crippen LogP contribution is 2.24. The molecule has 0 aliphatic carbocycles. The zero-order valence-corrected chi connectivity index (χ0v) is 10.5. The van der Waals surface area contributed by atoms with Gasteiger partial charge in [0.25, 0.3) is 0 Å².